The number of rotatable bonds is 4. The summed E-state index contributed by atoms with van der Waals surface area (Å²) in [6.07, 6.45) is 2.05. The van der Waals surface area contributed by atoms with Gasteiger partial charge in [-0.1, -0.05) is 30.3 Å². The molecule has 0 saturated heterocycles. The van der Waals surface area contributed by atoms with Gasteiger partial charge in [-0.05, 0) is 25.1 Å². The highest BCUT2D eigenvalue weighted by Gasteiger charge is 2.23. The van der Waals surface area contributed by atoms with E-state index in [1.54, 1.807) is 25.3 Å². The van der Waals surface area contributed by atoms with Gasteiger partial charge in [0.1, 0.15) is 0 Å². The van der Waals surface area contributed by atoms with Gasteiger partial charge in [0.25, 0.3) is 0 Å². The largest absolute Gasteiger partial charge is 0.449 e. The summed E-state index contributed by atoms with van der Waals surface area (Å²) in [6, 6.07) is 14.7. The van der Waals surface area contributed by atoms with Crippen LogP contribution in [0, 0.1) is 0 Å². The predicted octanol–water partition coefficient (Wildman–Crippen LogP) is 3.54. The van der Waals surface area contributed by atoms with Crippen LogP contribution in [-0.4, -0.2) is 32.8 Å². The van der Waals surface area contributed by atoms with Crippen molar-refractivity contribution in [3.05, 3.63) is 72.2 Å². The lowest BCUT2D eigenvalue weighted by atomic mass is 10.1. The van der Waals surface area contributed by atoms with Crippen LogP contribution in [0.3, 0.4) is 0 Å². The number of hydrogen-bond acceptors (Lipinski definition) is 5. The quantitative estimate of drug-likeness (QED) is 0.452. The van der Waals surface area contributed by atoms with Crippen LogP contribution in [-0.2, 0) is 4.74 Å². The van der Waals surface area contributed by atoms with Crippen LogP contribution in [0.5, 0.6) is 0 Å². The third kappa shape index (κ3) is 2.82. The van der Waals surface area contributed by atoms with Crippen LogP contribution < -0.4 is 0 Å². The van der Waals surface area contributed by atoms with E-state index in [0.717, 1.165) is 10.9 Å². The summed E-state index contributed by atoms with van der Waals surface area (Å²) in [5.74, 6) is -0.950. The van der Waals surface area contributed by atoms with E-state index in [4.69, 9.17) is 4.74 Å². The first-order valence-corrected chi connectivity index (χ1v) is 8.16. The van der Waals surface area contributed by atoms with Crippen LogP contribution >= 0.6 is 0 Å². The van der Waals surface area contributed by atoms with E-state index < -0.39 is 12.1 Å². The number of nitrogens with one attached hydrogen (secondary N) is 1. The number of esters is 1. The van der Waals surface area contributed by atoms with Crippen LogP contribution in [0.2, 0.25) is 0 Å². The lowest BCUT2D eigenvalue weighted by Gasteiger charge is -2.11. The first-order chi connectivity index (χ1) is 12.6. The Hall–Kier alpha value is -3.54. The van der Waals surface area contributed by atoms with Gasteiger partial charge in [-0.15, -0.1) is 0 Å². The van der Waals surface area contributed by atoms with Gasteiger partial charge in [0.15, 0.2) is 11.8 Å². The minimum Gasteiger partial charge on any atom is -0.449 e. The van der Waals surface area contributed by atoms with E-state index in [-0.39, 0.29) is 11.5 Å². The summed E-state index contributed by atoms with van der Waals surface area (Å²) in [5.41, 5.74) is 2.70. The van der Waals surface area contributed by atoms with Crippen molar-refractivity contribution < 1.29 is 14.3 Å². The summed E-state index contributed by atoms with van der Waals surface area (Å²) >= 11 is 0. The zero-order chi connectivity index (χ0) is 18.1. The fraction of sp³-hybridized carbons (Fsp3) is 0.100. The van der Waals surface area contributed by atoms with Crippen molar-refractivity contribution in [3.63, 3.8) is 0 Å². The van der Waals surface area contributed by atoms with Gasteiger partial charge < -0.3 is 9.72 Å². The number of aromatic amines is 1. The molecule has 1 atom stereocenters. The molecule has 0 fully saturated rings. The number of ketones is 1. The van der Waals surface area contributed by atoms with Crippen LogP contribution in [0.1, 0.15) is 27.8 Å². The number of aromatic nitrogens is 3. The maximum Gasteiger partial charge on any atom is 0.359 e. The molecular formula is C20H15N3O3. The summed E-state index contributed by atoms with van der Waals surface area (Å²) in [4.78, 5) is 36.5. The summed E-state index contributed by atoms with van der Waals surface area (Å²) in [6.45, 7) is 1.55. The highest BCUT2D eigenvalue weighted by molar-refractivity contribution is 6.10. The minimum atomic E-state index is -0.935. The fourth-order valence-corrected chi connectivity index (χ4v) is 2.82. The monoisotopic (exact) mass is 345 g/mol. The van der Waals surface area contributed by atoms with Crippen LogP contribution in [0.4, 0.5) is 0 Å². The van der Waals surface area contributed by atoms with Crippen molar-refractivity contribution in [1.29, 1.82) is 0 Å². The molecule has 0 saturated carbocycles. The Labute approximate surface area is 148 Å². The third-order valence-electron chi connectivity index (χ3n) is 4.17. The molecule has 0 unspecified atom stereocenters. The number of ether oxygens (including phenoxy) is 1. The lowest BCUT2D eigenvalue weighted by Crippen LogP contribution is -2.24. The number of H-pyrrole nitrogens is 1. The van der Waals surface area contributed by atoms with E-state index in [9.17, 15) is 9.59 Å². The second kappa shape index (κ2) is 6.40. The number of nitrogens with zero attached hydrogens (tertiary/aromatic N) is 2. The van der Waals surface area contributed by atoms with Crippen LogP contribution in [0.15, 0.2) is 60.9 Å². The highest BCUT2D eigenvalue weighted by Crippen LogP contribution is 2.20. The van der Waals surface area contributed by atoms with Gasteiger partial charge in [-0.2, -0.15) is 0 Å². The second-order valence-corrected chi connectivity index (χ2v) is 5.90. The van der Waals surface area contributed by atoms with E-state index in [1.807, 2.05) is 36.4 Å². The number of fused-ring (bicyclic) bond motifs is 2. The Kier molecular flexibility index (Phi) is 3.93. The van der Waals surface area contributed by atoms with Crippen molar-refractivity contribution in [1.82, 2.24) is 15.0 Å². The Morgan fingerprint density at radius 3 is 2.62 bits per heavy atom. The zero-order valence-electron chi connectivity index (χ0n) is 14.0. The zero-order valence-corrected chi connectivity index (χ0v) is 14.0. The Balaban J connectivity index is 1.55. The molecule has 0 spiro atoms. The number of hydrogen-bond donors (Lipinski definition) is 1. The average Bonchev–Trinajstić information content (AvgIpc) is 3.11. The molecule has 1 N–H and O–H groups in total. The molecule has 0 amide bonds. The molecule has 0 aliphatic carbocycles. The number of carbonyl (C=O) groups is 2. The molecule has 2 heterocycles. The van der Waals surface area contributed by atoms with E-state index in [1.165, 1.54) is 6.20 Å². The third-order valence-corrected chi connectivity index (χ3v) is 4.17. The van der Waals surface area contributed by atoms with Gasteiger partial charge in [0.05, 0.1) is 17.2 Å². The SMILES string of the molecule is C[C@@H](OC(=O)c1cnc2ccccc2n1)C(=O)c1c[nH]c2ccccc12. The van der Waals surface area contributed by atoms with Gasteiger partial charge in [-0.3, -0.25) is 9.78 Å². The van der Waals surface area contributed by atoms with Crippen molar-refractivity contribution >= 4 is 33.7 Å². The molecule has 0 radical (unpaired) electrons. The summed E-state index contributed by atoms with van der Waals surface area (Å²) in [5, 5.41) is 0.797. The molecule has 0 aliphatic heterocycles. The fourth-order valence-electron chi connectivity index (χ4n) is 2.82. The average molecular weight is 345 g/mol. The molecule has 0 aliphatic rings. The molecule has 6 heteroatoms. The number of carbonyl (C=O) groups excluding carboxylic acids is 2. The maximum atomic E-state index is 12.7. The van der Waals surface area contributed by atoms with Gasteiger partial charge in [-0.25, -0.2) is 9.78 Å². The van der Waals surface area contributed by atoms with E-state index >= 15 is 0 Å². The molecule has 2 aromatic carbocycles. The number of benzene rings is 2. The van der Waals surface area contributed by atoms with E-state index in [2.05, 4.69) is 15.0 Å². The Morgan fingerprint density at radius 2 is 1.77 bits per heavy atom. The Morgan fingerprint density at radius 1 is 1.04 bits per heavy atom. The number of Topliss-reactive ketones (excluding diaryl/α,β-unsaturated/α-hetero) is 1. The van der Waals surface area contributed by atoms with E-state index in [0.29, 0.717) is 16.6 Å². The van der Waals surface area contributed by atoms with Gasteiger partial charge in [0, 0.05) is 22.7 Å². The normalized spacial score (nSPS) is 12.2. The van der Waals surface area contributed by atoms with Crippen molar-refractivity contribution in [2.24, 2.45) is 0 Å². The molecular weight excluding hydrogens is 330 g/mol. The summed E-state index contributed by atoms with van der Waals surface area (Å²) < 4.78 is 5.31. The number of para-hydroxylation sites is 3. The predicted molar refractivity (Wildman–Crippen MR) is 97.0 cm³/mol. The standard InChI is InChI=1S/C20H15N3O3/c1-12(19(24)14-10-21-15-7-3-2-6-13(14)15)26-20(25)18-11-22-16-8-4-5-9-17(16)23-18/h2-12,21H,1H3/t12-/m1/s1. The molecule has 0 bridgehead atoms. The minimum absolute atomic E-state index is 0.0716. The molecule has 26 heavy (non-hydrogen) atoms. The lowest BCUT2D eigenvalue weighted by molar-refractivity contribution is 0.0313. The topological polar surface area (TPSA) is 84.9 Å². The second-order valence-electron chi connectivity index (χ2n) is 5.90. The molecule has 128 valence electrons. The first kappa shape index (κ1) is 16.0. The maximum absolute atomic E-state index is 12.7. The van der Waals surface area contributed by atoms with Crippen molar-refractivity contribution in [2.45, 2.75) is 13.0 Å². The van der Waals surface area contributed by atoms with Gasteiger partial charge in [0.2, 0.25) is 5.78 Å². The Bertz CT molecular complexity index is 1130. The van der Waals surface area contributed by atoms with Crippen molar-refractivity contribution in [2.75, 3.05) is 0 Å². The summed E-state index contributed by atoms with van der Waals surface area (Å²) in [7, 11) is 0. The molecule has 4 rings (SSSR count). The molecule has 2 aromatic heterocycles. The first-order valence-electron chi connectivity index (χ1n) is 8.16. The molecule has 6 nitrogen and oxygen atoms in total. The van der Waals surface area contributed by atoms with Crippen molar-refractivity contribution in [3.8, 4) is 0 Å². The van der Waals surface area contributed by atoms with Crippen LogP contribution in [0.25, 0.3) is 21.9 Å². The highest BCUT2D eigenvalue weighted by atomic mass is 16.5. The smallest absolute Gasteiger partial charge is 0.359 e. The van der Waals surface area contributed by atoms with Gasteiger partial charge >= 0.3 is 5.97 Å². The molecule has 4 aromatic rings.